The van der Waals surface area contributed by atoms with Crippen molar-refractivity contribution in [2.24, 2.45) is 4.99 Å². The van der Waals surface area contributed by atoms with Crippen LogP contribution in [0.5, 0.6) is 0 Å². The molecule has 0 unspecified atom stereocenters. The minimum atomic E-state index is -3.11. The second-order valence-electron chi connectivity index (χ2n) is 6.61. The van der Waals surface area contributed by atoms with Crippen LogP contribution >= 0.6 is 0 Å². The molecule has 3 N–H and O–H groups in total. The first kappa shape index (κ1) is 21.2. The van der Waals surface area contributed by atoms with Gasteiger partial charge in [-0.25, -0.2) is 12.7 Å². The van der Waals surface area contributed by atoms with E-state index in [9.17, 15) is 8.42 Å². The molecule has 1 aromatic heterocycles. The second-order valence-corrected chi connectivity index (χ2v) is 8.98. The molecule has 0 aliphatic rings. The molecule has 0 saturated carbocycles. The Morgan fingerprint density at radius 1 is 1.26 bits per heavy atom. The summed E-state index contributed by atoms with van der Waals surface area (Å²) in [6.07, 6.45) is 3.67. The molecule has 1 heterocycles. The molecule has 27 heavy (non-hydrogen) atoms. The molecule has 1 aromatic carbocycles. The predicted molar refractivity (Wildman–Crippen MR) is 113 cm³/mol. The van der Waals surface area contributed by atoms with Crippen molar-refractivity contribution in [1.82, 2.24) is 19.9 Å². The van der Waals surface area contributed by atoms with Gasteiger partial charge in [0, 0.05) is 50.8 Å². The van der Waals surface area contributed by atoms with Crippen molar-refractivity contribution in [1.29, 1.82) is 0 Å². The summed E-state index contributed by atoms with van der Waals surface area (Å²) in [5, 5.41) is 7.79. The number of nitrogens with one attached hydrogen (secondary N) is 3. The fourth-order valence-corrected chi connectivity index (χ4v) is 3.76. The lowest BCUT2D eigenvalue weighted by atomic mass is 10.1. The van der Waals surface area contributed by atoms with E-state index < -0.39 is 10.0 Å². The maximum atomic E-state index is 11.7. The number of aromatic amines is 1. The summed E-state index contributed by atoms with van der Waals surface area (Å²) in [4.78, 5) is 7.54. The van der Waals surface area contributed by atoms with Crippen LogP contribution in [0, 0.1) is 6.92 Å². The second kappa shape index (κ2) is 9.75. The van der Waals surface area contributed by atoms with Gasteiger partial charge in [0.2, 0.25) is 10.0 Å². The number of guanidine groups is 1. The molecule has 0 fully saturated rings. The highest BCUT2D eigenvalue weighted by atomic mass is 32.2. The average molecular weight is 394 g/mol. The minimum absolute atomic E-state index is 0.132. The van der Waals surface area contributed by atoms with Crippen molar-refractivity contribution in [2.45, 2.75) is 26.7 Å². The van der Waals surface area contributed by atoms with Gasteiger partial charge in [-0.05, 0) is 43.9 Å². The van der Waals surface area contributed by atoms with Gasteiger partial charge >= 0.3 is 0 Å². The summed E-state index contributed by atoms with van der Waals surface area (Å²) in [6, 6.07) is 6.44. The third kappa shape index (κ3) is 5.97. The topological polar surface area (TPSA) is 89.6 Å². The van der Waals surface area contributed by atoms with E-state index in [1.807, 2.05) is 0 Å². The summed E-state index contributed by atoms with van der Waals surface area (Å²) >= 11 is 0. The molecule has 0 aliphatic heterocycles. The van der Waals surface area contributed by atoms with Gasteiger partial charge < -0.3 is 15.6 Å². The fourth-order valence-electron chi connectivity index (χ4n) is 2.91. The van der Waals surface area contributed by atoms with Crippen molar-refractivity contribution >= 4 is 26.9 Å². The zero-order chi connectivity index (χ0) is 19.9. The number of aryl methyl sites for hydroxylation is 1. The Hall–Kier alpha value is -2.06. The van der Waals surface area contributed by atoms with Gasteiger partial charge in [0.15, 0.2) is 5.96 Å². The number of nitrogens with zero attached hydrogens (tertiary/aromatic N) is 2. The molecule has 0 radical (unpaired) electrons. The van der Waals surface area contributed by atoms with E-state index >= 15 is 0 Å². The molecule has 7 nitrogen and oxygen atoms in total. The van der Waals surface area contributed by atoms with E-state index in [-0.39, 0.29) is 5.75 Å². The molecule has 2 aromatic rings. The molecule has 0 bridgehead atoms. The smallest absolute Gasteiger partial charge is 0.213 e. The van der Waals surface area contributed by atoms with Gasteiger partial charge in [-0.1, -0.05) is 12.1 Å². The van der Waals surface area contributed by atoms with Crippen LogP contribution in [0.4, 0.5) is 0 Å². The zero-order valence-corrected chi connectivity index (χ0v) is 17.5. The summed E-state index contributed by atoms with van der Waals surface area (Å²) in [7, 11) is 0.245. The lowest BCUT2D eigenvalue weighted by Crippen LogP contribution is -2.39. The first-order valence-electron chi connectivity index (χ1n) is 9.32. The van der Waals surface area contributed by atoms with Crippen LogP contribution in [0.3, 0.4) is 0 Å². The number of aliphatic imine (C=N–C) groups is 1. The van der Waals surface area contributed by atoms with Gasteiger partial charge in [0.1, 0.15) is 0 Å². The molecule has 150 valence electrons. The molecule has 0 atom stereocenters. The number of sulfonamides is 1. The molecule has 0 saturated heterocycles. The summed E-state index contributed by atoms with van der Waals surface area (Å²) < 4.78 is 24.8. The number of hydrogen-bond acceptors (Lipinski definition) is 3. The molecule has 0 aliphatic carbocycles. The van der Waals surface area contributed by atoms with Crippen molar-refractivity contribution in [3.8, 4) is 0 Å². The summed E-state index contributed by atoms with van der Waals surface area (Å²) in [5.41, 5.74) is 3.69. The highest BCUT2D eigenvalue weighted by Gasteiger charge is 2.13. The lowest BCUT2D eigenvalue weighted by molar-refractivity contribution is 0.461. The maximum Gasteiger partial charge on any atom is 0.213 e. The highest BCUT2D eigenvalue weighted by Crippen LogP contribution is 2.19. The number of benzene rings is 1. The molecule has 0 spiro atoms. The number of fused-ring (bicyclic) bond motifs is 1. The summed E-state index contributed by atoms with van der Waals surface area (Å²) in [5.74, 6) is 0.861. The molecule has 0 amide bonds. The zero-order valence-electron chi connectivity index (χ0n) is 16.7. The van der Waals surface area contributed by atoms with E-state index in [1.54, 1.807) is 21.0 Å². The fraction of sp³-hybridized carbons (Fsp3) is 0.526. The van der Waals surface area contributed by atoms with Crippen molar-refractivity contribution < 1.29 is 8.42 Å². The minimum Gasteiger partial charge on any atom is -0.361 e. The Kier molecular flexibility index (Phi) is 7.67. The number of hydrogen-bond donors (Lipinski definition) is 3. The Morgan fingerprint density at radius 3 is 2.70 bits per heavy atom. The first-order valence-corrected chi connectivity index (χ1v) is 10.9. The van der Waals surface area contributed by atoms with Gasteiger partial charge in [-0.2, -0.15) is 0 Å². The molecular weight excluding hydrogens is 362 g/mol. The predicted octanol–water partition coefficient (Wildman–Crippen LogP) is 1.86. The Bertz CT molecular complexity index is 873. The lowest BCUT2D eigenvalue weighted by Gasteiger charge is -2.16. The van der Waals surface area contributed by atoms with Gasteiger partial charge in [-0.3, -0.25) is 4.99 Å². The normalized spacial score (nSPS) is 12.7. The molecular formula is C19H31N5O2S. The van der Waals surface area contributed by atoms with Crippen LogP contribution in [0.25, 0.3) is 10.9 Å². The van der Waals surface area contributed by atoms with Gasteiger partial charge in [0.25, 0.3) is 0 Å². The Morgan fingerprint density at radius 2 is 2.00 bits per heavy atom. The van der Waals surface area contributed by atoms with Gasteiger partial charge in [0.05, 0.1) is 5.75 Å². The van der Waals surface area contributed by atoms with E-state index in [0.717, 1.165) is 25.3 Å². The summed E-state index contributed by atoms with van der Waals surface area (Å²) in [6.45, 7) is 5.67. The SMILES string of the molecule is CCS(=O)(=O)N(C)CCCNC(=NC)NCCc1c[nH]c2cc(C)ccc12. The van der Waals surface area contributed by atoms with Crippen molar-refractivity contribution in [3.63, 3.8) is 0 Å². The Labute approximate surface area is 162 Å². The van der Waals surface area contributed by atoms with Gasteiger partial charge in [-0.15, -0.1) is 0 Å². The number of H-pyrrole nitrogens is 1. The van der Waals surface area contributed by atoms with E-state index in [0.29, 0.717) is 13.1 Å². The average Bonchev–Trinajstić information content (AvgIpc) is 3.05. The van der Waals surface area contributed by atoms with Crippen LogP contribution in [0.2, 0.25) is 0 Å². The van der Waals surface area contributed by atoms with Crippen LogP contribution < -0.4 is 10.6 Å². The Balaban J connectivity index is 1.74. The van der Waals surface area contributed by atoms with E-state index in [1.165, 1.54) is 26.3 Å². The first-order chi connectivity index (χ1) is 12.9. The van der Waals surface area contributed by atoms with E-state index in [2.05, 4.69) is 51.9 Å². The highest BCUT2D eigenvalue weighted by molar-refractivity contribution is 7.89. The maximum absolute atomic E-state index is 11.7. The third-order valence-electron chi connectivity index (χ3n) is 4.62. The molecule has 8 heteroatoms. The monoisotopic (exact) mass is 393 g/mol. The quantitative estimate of drug-likeness (QED) is 0.345. The number of aromatic nitrogens is 1. The van der Waals surface area contributed by atoms with Crippen LogP contribution in [0.15, 0.2) is 29.4 Å². The number of rotatable bonds is 9. The van der Waals surface area contributed by atoms with E-state index in [4.69, 9.17) is 0 Å². The third-order valence-corrected chi connectivity index (χ3v) is 6.48. The van der Waals surface area contributed by atoms with Crippen molar-refractivity contribution in [2.75, 3.05) is 39.5 Å². The van der Waals surface area contributed by atoms with Crippen LogP contribution in [-0.2, 0) is 16.4 Å². The van der Waals surface area contributed by atoms with Crippen LogP contribution in [-0.4, -0.2) is 63.1 Å². The van der Waals surface area contributed by atoms with Crippen molar-refractivity contribution in [3.05, 3.63) is 35.5 Å². The van der Waals surface area contributed by atoms with Crippen LogP contribution in [0.1, 0.15) is 24.5 Å². The standard InChI is InChI=1S/C19H31N5O2S/c1-5-27(25,26)24(4)12-6-10-21-19(20-3)22-11-9-16-14-23-18-13-15(2)7-8-17(16)18/h7-8,13-14,23H,5-6,9-12H2,1-4H3,(H2,20,21,22). The molecule has 2 rings (SSSR count). The largest absolute Gasteiger partial charge is 0.361 e.